The number of ether oxygens (including phenoxy) is 1. The Balaban J connectivity index is 1.80. The minimum atomic E-state index is 0.785. The molecule has 0 radical (unpaired) electrons. The highest BCUT2D eigenvalue weighted by molar-refractivity contribution is 6.12. The summed E-state index contributed by atoms with van der Waals surface area (Å²) >= 11 is 0. The molecule has 0 atom stereocenters. The molecule has 1 aliphatic carbocycles. The van der Waals surface area contributed by atoms with Crippen molar-refractivity contribution in [1.29, 1.82) is 0 Å². The van der Waals surface area contributed by atoms with Gasteiger partial charge in [-0.2, -0.15) is 0 Å². The van der Waals surface area contributed by atoms with E-state index >= 15 is 0 Å². The second kappa shape index (κ2) is 4.51. The Morgan fingerprint density at radius 1 is 1.35 bits per heavy atom. The van der Waals surface area contributed by atoms with Gasteiger partial charge in [0.25, 0.3) is 0 Å². The van der Waals surface area contributed by atoms with E-state index in [1.807, 2.05) is 6.07 Å². The zero-order valence-electron chi connectivity index (χ0n) is 11.6. The number of aromatic nitrogens is 1. The SMILES string of the molecule is COc1ccc2c3c([nH]c2c1)C(/C=C/C1CC1)=NCC3. The minimum absolute atomic E-state index is 0.785. The number of nitrogens with zero attached hydrogens (tertiary/aromatic N) is 1. The summed E-state index contributed by atoms with van der Waals surface area (Å²) in [6.07, 6.45) is 8.19. The fourth-order valence-corrected chi connectivity index (χ4v) is 2.86. The summed E-state index contributed by atoms with van der Waals surface area (Å²) < 4.78 is 5.30. The van der Waals surface area contributed by atoms with Crippen molar-refractivity contribution in [1.82, 2.24) is 4.98 Å². The van der Waals surface area contributed by atoms with Crippen LogP contribution in [0, 0.1) is 5.92 Å². The van der Waals surface area contributed by atoms with Crippen LogP contribution in [-0.4, -0.2) is 24.4 Å². The molecule has 2 aromatic rings. The molecule has 102 valence electrons. The van der Waals surface area contributed by atoms with E-state index in [0.717, 1.165) is 35.9 Å². The second-order valence-corrected chi connectivity index (χ2v) is 5.60. The first-order valence-corrected chi connectivity index (χ1v) is 7.27. The van der Waals surface area contributed by atoms with Gasteiger partial charge in [-0.1, -0.05) is 6.08 Å². The summed E-state index contributed by atoms with van der Waals surface area (Å²) in [4.78, 5) is 8.20. The third-order valence-electron chi connectivity index (χ3n) is 4.16. The van der Waals surface area contributed by atoms with Gasteiger partial charge in [0.2, 0.25) is 0 Å². The van der Waals surface area contributed by atoms with Gasteiger partial charge in [0.15, 0.2) is 0 Å². The number of H-pyrrole nitrogens is 1. The van der Waals surface area contributed by atoms with Crippen LogP contribution in [0.25, 0.3) is 10.9 Å². The molecule has 1 fully saturated rings. The van der Waals surface area contributed by atoms with Gasteiger partial charge < -0.3 is 9.72 Å². The van der Waals surface area contributed by atoms with Gasteiger partial charge in [0.1, 0.15) is 5.75 Å². The first-order chi connectivity index (χ1) is 9.85. The number of hydrogen-bond donors (Lipinski definition) is 1. The zero-order valence-corrected chi connectivity index (χ0v) is 11.6. The van der Waals surface area contributed by atoms with Crippen LogP contribution in [-0.2, 0) is 6.42 Å². The first kappa shape index (κ1) is 11.8. The molecule has 0 spiro atoms. The van der Waals surface area contributed by atoms with Gasteiger partial charge in [0, 0.05) is 23.5 Å². The van der Waals surface area contributed by atoms with Crippen molar-refractivity contribution in [3.8, 4) is 5.75 Å². The molecule has 1 saturated carbocycles. The first-order valence-electron chi connectivity index (χ1n) is 7.27. The molecule has 0 amide bonds. The topological polar surface area (TPSA) is 37.4 Å². The zero-order chi connectivity index (χ0) is 13.5. The number of aromatic amines is 1. The van der Waals surface area contributed by atoms with E-state index in [1.54, 1.807) is 7.11 Å². The van der Waals surface area contributed by atoms with Gasteiger partial charge in [-0.15, -0.1) is 0 Å². The lowest BCUT2D eigenvalue weighted by Crippen LogP contribution is -2.10. The molecule has 0 unspecified atom stereocenters. The van der Waals surface area contributed by atoms with E-state index in [0.29, 0.717) is 0 Å². The quantitative estimate of drug-likeness (QED) is 0.907. The lowest BCUT2D eigenvalue weighted by Gasteiger charge is -2.10. The molecule has 2 heterocycles. The monoisotopic (exact) mass is 266 g/mol. The van der Waals surface area contributed by atoms with E-state index in [2.05, 4.69) is 34.3 Å². The third kappa shape index (κ3) is 1.94. The van der Waals surface area contributed by atoms with Crippen molar-refractivity contribution in [2.24, 2.45) is 10.9 Å². The number of benzene rings is 1. The standard InChI is InChI=1S/C17H18N2O/c1-20-12-5-6-13-14-8-9-18-15(7-4-11-2-3-11)17(14)19-16(13)10-12/h4-7,10-11,19H,2-3,8-9H2,1H3/b7-4+. The van der Waals surface area contributed by atoms with Crippen LogP contribution in [0.3, 0.4) is 0 Å². The molecule has 0 bridgehead atoms. The van der Waals surface area contributed by atoms with E-state index in [4.69, 9.17) is 4.74 Å². The number of fused-ring (bicyclic) bond motifs is 3. The fourth-order valence-electron chi connectivity index (χ4n) is 2.86. The molecule has 2 aliphatic rings. The lowest BCUT2D eigenvalue weighted by atomic mass is 10.0. The molecule has 1 N–H and O–H groups in total. The van der Waals surface area contributed by atoms with Crippen molar-refractivity contribution in [3.63, 3.8) is 0 Å². The molecule has 20 heavy (non-hydrogen) atoms. The Kier molecular flexibility index (Phi) is 2.66. The number of allylic oxidation sites excluding steroid dienone is 2. The number of aliphatic imine (C=N–C) groups is 1. The molecule has 0 saturated heterocycles. The van der Waals surface area contributed by atoms with E-state index < -0.39 is 0 Å². The summed E-state index contributed by atoms with van der Waals surface area (Å²) in [6.45, 7) is 0.885. The molecule has 1 aromatic carbocycles. The Hall–Kier alpha value is -2.03. The van der Waals surface area contributed by atoms with Crippen LogP contribution in [0.5, 0.6) is 5.75 Å². The Morgan fingerprint density at radius 2 is 2.25 bits per heavy atom. The van der Waals surface area contributed by atoms with E-state index in [1.165, 1.54) is 29.5 Å². The van der Waals surface area contributed by atoms with Gasteiger partial charge >= 0.3 is 0 Å². The highest BCUT2D eigenvalue weighted by atomic mass is 16.5. The third-order valence-corrected chi connectivity index (χ3v) is 4.16. The van der Waals surface area contributed by atoms with Gasteiger partial charge in [-0.25, -0.2) is 0 Å². The molecule has 3 nitrogen and oxygen atoms in total. The molecule has 1 aromatic heterocycles. The highest BCUT2D eigenvalue weighted by Gasteiger charge is 2.21. The Labute approximate surface area is 118 Å². The smallest absolute Gasteiger partial charge is 0.120 e. The number of hydrogen-bond acceptors (Lipinski definition) is 2. The van der Waals surface area contributed by atoms with Crippen LogP contribution in [0.1, 0.15) is 24.1 Å². The fraction of sp³-hybridized carbons (Fsp3) is 0.353. The number of rotatable bonds is 3. The number of nitrogens with one attached hydrogen (secondary N) is 1. The Morgan fingerprint density at radius 3 is 3.05 bits per heavy atom. The van der Waals surface area contributed by atoms with Gasteiger partial charge in [0.05, 0.1) is 18.5 Å². The predicted octanol–water partition coefficient (Wildman–Crippen LogP) is 3.49. The van der Waals surface area contributed by atoms with Crippen molar-refractivity contribution in [2.75, 3.05) is 13.7 Å². The summed E-state index contributed by atoms with van der Waals surface area (Å²) in [5.74, 6) is 1.68. The summed E-state index contributed by atoms with van der Waals surface area (Å²) in [5.41, 5.74) is 4.83. The predicted molar refractivity (Wildman–Crippen MR) is 81.8 cm³/mol. The van der Waals surface area contributed by atoms with Gasteiger partial charge in [-0.3, -0.25) is 4.99 Å². The summed E-state index contributed by atoms with van der Waals surface area (Å²) in [5, 5.41) is 1.30. The van der Waals surface area contributed by atoms with Crippen LogP contribution in [0.15, 0.2) is 35.3 Å². The van der Waals surface area contributed by atoms with Crippen molar-refractivity contribution < 1.29 is 4.74 Å². The van der Waals surface area contributed by atoms with E-state index in [9.17, 15) is 0 Å². The second-order valence-electron chi connectivity index (χ2n) is 5.60. The van der Waals surface area contributed by atoms with Crippen LogP contribution >= 0.6 is 0 Å². The largest absolute Gasteiger partial charge is 0.497 e. The minimum Gasteiger partial charge on any atom is -0.497 e. The molecule has 1 aliphatic heterocycles. The Bertz CT molecular complexity index is 720. The molecular weight excluding hydrogens is 248 g/mol. The summed E-state index contributed by atoms with van der Waals surface area (Å²) in [6, 6.07) is 6.24. The van der Waals surface area contributed by atoms with Crippen LogP contribution in [0.4, 0.5) is 0 Å². The maximum atomic E-state index is 5.30. The van der Waals surface area contributed by atoms with Crippen molar-refractivity contribution in [2.45, 2.75) is 19.3 Å². The average molecular weight is 266 g/mol. The number of methoxy groups -OCH3 is 1. The van der Waals surface area contributed by atoms with Crippen molar-refractivity contribution >= 4 is 16.6 Å². The molecule has 4 rings (SSSR count). The average Bonchev–Trinajstić information content (AvgIpc) is 3.24. The van der Waals surface area contributed by atoms with Crippen molar-refractivity contribution in [3.05, 3.63) is 41.6 Å². The van der Waals surface area contributed by atoms with Gasteiger partial charge in [-0.05, 0) is 49.0 Å². The maximum absolute atomic E-state index is 5.30. The van der Waals surface area contributed by atoms with Crippen LogP contribution in [0.2, 0.25) is 0 Å². The highest BCUT2D eigenvalue weighted by Crippen LogP contribution is 2.32. The summed E-state index contributed by atoms with van der Waals surface area (Å²) in [7, 11) is 1.70. The normalized spacial score (nSPS) is 18.4. The van der Waals surface area contributed by atoms with E-state index in [-0.39, 0.29) is 0 Å². The molecule has 3 heteroatoms. The van der Waals surface area contributed by atoms with Crippen LogP contribution < -0.4 is 4.74 Å². The maximum Gasteiger partial charge on any atom is 0.120 e. The molecular formula is C17H18N2O. The lowest BCUT2D eigenvalue weighted by molar-refractivity contribution is 0.415.